The SMILES string of the molecule is C=C/C=C\C(=C)c1ccc(-c2ccccc2)c(C)c1C. The highest BCUT2D eigenvalue weighted by atomic mass is 14.1. The largest absolute Gasteiger partial charge is 0.0991 e. The first-order valence-corrected chi connectivity index (χ1v) is 6.79. The van der Waals surface area contributed by atoms with Crippen molar-refractivity contribution in [2.24, 2.45) is 0 Å². The van der Waals surface area contributed by atoms with Crippen LogP contribution in [0, 0.1) is 13.8 Å². The fourth-order valence-electron chi connectivity index (χ4n) is 2.37. The maximum absolute atomic E-state index is 4.13. The van der Waals surface area contributed by atoms with Gasteiger partial charge in [0.05, 0.1) is 0 Å². The molecule has 0 nitrogen and oxygen atoms in total. The van der Waals surface area contributed by atoms with Crippen molar-refractivity contribution in [3.8, 4) is 11.1 Å². The molecule has 0 saturated heterocycles. The van der Waals surface area contributed by atoms with Crippen LogP contribution in [0.4, 0.5) is 0 Å². The summed E-state index contributed by atoms with van der Waals surface area (Å²) >= 11 is 0. The van der Waals surface area contributed by atoms with E-state index < -0.39 is 0 Å². The summed E-state index contributed by atoms with van der Waals surface area (Å²) in [6.07, 6.45) is 5.69. The zero-order valence-electron chi connectivity index (χ0n) is 12.2. The molecule has 0 fully saturated rings. The van der Waals surface area contributed by atoms with Gasteiger partial charge < -0.3 is 0 Å². The molecule has 0 atom stereocenters. The lowest BCUT2D eigenvalue weighted by Gasteiger charge is -2.14. The van der Waals surface area contributed by atoms with Crippen molar-refractivity contribution in [1.29, 1.82) is 0 Å². The van der Waals surface area contributed by atoms with Crippen molar-refractivity contribution in [1.82, 2.24) is 0 Å². The van der Waals surface area contributed by atoms with E-state index in [0.717, 1.165) is 5.57 Å². The van der Waals surface area contributed by atoms with Gasteiger partial charge in [-0.2, -0.15) is 0 Å². The van der Waals surface area contributed by atoms with Crippen molar-refractivity contribution >= 4 is 5.57 Å². The summed E-state index contributed by atoms with van der Waals surface area (Å²) in [6, 6.07) is 14.8. The average molecular weight is 260 g/mol. The predicted molar refractivity (Wildman–Crippen MR) is 89.7 cm³/mol. The molecule has 0 N–H and O–H groups in total. The van der Waals surface area contributed by atoms with E-state index in [4.69, 9.17) is 0 Å². The van der Waals surface area contributed by atoms with Gasteiger partial charge in [-0.15, -0.1) is 0 Å². The van der Waals surface area contributed by atoms with Crippen molar-refractivity contribution < 1.29 is 0 Å². The molecule has 0 radical (unpaired) electrons. The van der Waals surface area contributed by atoms with Gasteiger partial charge in [0, 0.05) is 0 Å². The second-order valence-corrected chi connectivity index (χ2v) is 4.90. The van der Waals surface area contributed by atoms with Gasteiger partial charge in [-0.3, -0.25) is 0 Å². The van der Waals surface area contributed by atoms with Crippen LogP contribution in [0.1, 0.15) is 16.7 Å². The van der Waals surface area contributed by atoms with Crippen LogP contribution in [-0.2, 0) is 0 Å². The Morgan fingerprint density at radius 2 is 1.65 bits per heavy atom. The third-order valence-electron chi connectivity index (χ3n) is 3.65. The Balaban J connectivity index is 2.47. The molecule has 100 valence electrons. The normalized spacial score (nSPS) is 10.7. The monoisotopic (exact) mass is 260 g/mol. The van der Waals surface area contributed by atoms with Crippen LogP contribution in [0.15, 0.2) is 73.9 Å². The first kappa shape index (κ1) is 14.1. The van der Waals surface area contributed by atoms with Crippen LogP contribution in [-0.4, -0.2) is 0 Å². The Morgan fingerprint density at radius 1 is 0.950 bits per heavy atom. The summed E-state index contributed by atoms with van der Waals surface area (Å²) < 4.78 is 0. The lowest BCUT2D eigenvalue weighted by Crippen LogP contribution is -1.93. The Morgan fingerprint density at radius 3 is 2.30 bits per heavy atom. The minimum Gasteiger partial charge on any atom is -0.0991 e. The summed E-state index contributed by atoms with van der Waals surface area (Å²) in [5, 5.41) is 0. The quantitative estimate of drug-likeness (QED) is 0.616. The standard InChI is InChI=1S/C20H20/c1-5-6-10-15(2)19-13-14-20(17(4)16(19)3)18-11-8-7-9-12-18/h5-14H,1-2H2,3-4H3/b10-6-. The van der Waals surface area contributed by atoms with Crippen LogP contribution in [0.25, 0.3) is 16.7 Å². The summed E-state index contributed by atoms with van der Waals surface area (Å²) in [6.45, 7) is 12.2. The highest BCUT2D eigenvalue weighted by Crippen LogP contribution is 2.30. The van der Waals surface area contributed by atoms with Crippen molar-refractivity contribution in [3.63, 3.8) is 0 Å². The Bertz CT molecular complexity index is 658. The van der Waals surface area contributed by atoms with E-state index in [2.05, 4.69) is 63.4 Å². The molecule has 0 amide bonds. The van der Waals surface area contributed by atoms with E-state index in [9.17, 15) is 0 Å². The Hall–Kier alpha value is -2.34. The lowest BCUT2D eigenvalue weighted by molar-refractivity contribution is 1.32. The van der Waals surface area contributed by atoms with Gasteiger partial charge in [0.15, 0.2) is 0 Å². The molecule has 2 aromatic rings. The van der Waals surface area contributed by atoms with E-state index in [1.807, 2.05) is 18.2 Å². The van der Waals surface area contributed by atoms with Crippen molar-refractivity contribution in [3.05, 3.63) is 90.5 Å². The molecule has 2 rings (SSSR count). The minimum atomic E-state index is 1.02. The first-order chi connectivity index (χ1) is 9.65. The lowest BCUT2D eigenvalue weighted by atomic mass is 9.91. The van der Waals surface area contributed by atoms with Gasteiger partial charge in [0.1, 0.15) is 0 Å². The molecular weight excluding hydrogens is 240 g/mol. The smallest absolute Gasteiger partial charge is 0.0152 e. The third-order valence-corrected chi connectivity index (χ3v) is 3.65. The van der Waals surface area contributed by atoms with E-state index >= 15 is 0 Å². The van der Waals surface area contributed by atoms with Gasteiger partial charge in [-0.1, -0.05) is 73.9 Å². The number of rotatable bonds is 4. The van der Waals surface area contributed by atoms with Crippen LogP contribution in [0.3, 0.4) is 0 Å². The topological polar surface area (TPSA) is 0 Å². The van der Waals surface area contributed by atoms with Crippen LogP contribution >= 0.6 is 0 Å². The van der Waals surface area contributed by atoms with Gasteiger partial charge in [-0.25, -0.2) is 0 Å². The summed E-state index contributed by atoms with van der Waals surface area (Å²) in [5.74, 6) is 0. The van der Waals surface area contributed by atoms with E-state index in [1.54, 1.807) is 6.08 Å². The Labute approximate surface area is 121 Å². The third kappa shape index (κ3) is 2.80. The average Bonchev–Trinajstić information content (AvgIpc) is 2.48. The van der Waals surface area contributed by atoms with E-state index in [1.165, 1.54) is 27.8 Å². The Kier molecular flexibility index (Phi) is 4.37. The maximum atomic E-state index is 4.13. The highest BCUT2D eigenvalue weighted by molar-refractivity contribution is 5.79. The molecule has 0 spiro atoms. The number of hydrogen-bond donors (Lipinski definition) is 0. The molecular formula is C20H20. The molecule has 0 unspecified atom stereocenters. The molecule has 0 aliphatic heterocycles. The number of allylic oxidation sites excluding steroid dienone is 4. The van der Waals surface area contributed by atoms with Crippen molar-refractivity contribution in [2.45, 2.75) is 13.8 Å². The second kappa shape index (κ2) is 6.21. The van der Waals surface area contributed by atoms with Gasteiger partial charge in [0.25, 0.3) is 0 Å². The molecule has 0 aromatic heterocycles. The van der Waals surface area contributed by atoms with Gasteiger partial charge in [-0.05, 0) is 47.2 Å². The zero-order valence-corrected chi connectivity index (χ0v) is 12.2. The van der Waals surface area contributed by atoms with Crippen LogP contribution in [0.5, 0.6) is 0 Å². The number of hydrogen-bond acceptors (Lipinski definition) is 0. The maximum Gasteiger partial charge on any atom is -0.0152 e. The molecule has 2 aromatic carbocycles. The predicted octanol–water partition coefficient (Wildman–Crippen LogP) is 5.73. The summed E-state index contributed by atoms with van der Waals surface area (Å²) in [4.78, 5) is 0. The zero-order chi connectivity index (χ0) is 14.5. The van der Waals surface area contributed by atoms with Crippen LogP contribution < -0.4 is 0 Å². The second-order valence-electron chi connectivity index (χ2n) is 4.90. The van der Waals surface area contributed by atoms with Crippen LogP contribution in [0.2, 0.25) is 0 Å². The first-order valence-electron chi connectivity index (χ1n) is 6.79. The molecule has 0 heterocycles. The molecule has 0 aliphatic rings. The number of benzene rings is 2. The fourth-order valence-corrected chi connectivity index (χ4v) is 2.37. The van der Waals surface area contributed by atoms with Gasteiger partial charge in [0.2, 0.25) is 0 Å². The minimum absolute atomic E-state index is 1.02. The molecule has 20 heavy (non-hydrogen) atoms. The fraction of sp³-hybridized carbons (Fsp3) is 0.100. The molecule has 0 saturated carbocycles. The van der Waals surface area contributed by atoms with E-state index in [0.29, 0.717) is 0 Å². The highest BCUT2D eigenvalue weighted by Gasteiger charge is 2.08. The molecule has 0 heteroatoms. The van der Waals surface area contributed by atoms with Crippen molar-refractivity contribution in [2.75, 3.05) is 0 Å². The molecule has 0 bridgehead atoms. The molecule has 0 aliphatic carbocycles. The summed E-state index contributed by atoms with van der Waals surface area (Å²) in [7, 11) is 0. The van der Waals surface area contributed by atoms with E-state index in [-0.39, 0.29) is 0 Å². The van der Waals surface area contributed by atoms with Gasteiger partial charge >= 0.3 is 0 Å². The summed E-state index contributed by atoms with van der Waals surface area (Å²) in [5.41, 5.74) is 7.34.